The maximum absolute atomic E-state index is 11.0. The highest BCUT2D eigenvalue weighted by Gasteiger charge is 2.42. The summed E-state index contributed by atoms with van der Waals surface area (Å²) in [4.78, 5) is 18.3. The van der Waals surface area contributed by atoms with Crippen LogP contribution in [-0.2, 0) is 0 Å². The predicted octanol–water partition coefficient (Wildman–Crippen LogP) is 3.61. The van der Waals surface area contributed by atoms with Gasteiger partial charge in [0.1, 0.15) is 0 Å². The lowest BCUT2D eigenvalue weighted by Crippen LogP contribution is -2.29. The smallest absolute Gasteiger partial charge is 0.407 e. The van der Waals surface area contributed by atoms with Crippen LogP contribution in [0.5, 0.6) is 0 Å². The number of aromatic nitrogens is 1. The van der Waals surface area contributed by atoms with E-state index in [2.05, 4.69) is 22.4 Å². The second-order valence-electron chi connectivity index (χ2n) is 6.42. The minimum Gasteiger partial charge on any atom is -0.465 e. The molecule has 2 N–H and O–H groups in total. The van der Waals surface area contributed by atoms with Crippen LogP contribution in [0.25, 0.3) is 10.4 Å². The molecule has 0 bridgehead atoms. The van der Waals surface area contributed by atoms with Gasteiger partial charge in [0.05, 0.1) is 4.88 Å². The van der Waals surface area contributed by atoms with Crippen LogP contribution in [0.15, 0.2) is 36.5 Å². The molecule has 1 saturated carbocycles. The van der Waals surface area contributed by atoms with E-state index in [1.165, 1.54) is 10.4 Å². The molecule has 1 aliphatic heterocycles. The van der Waals surface area contributed by atoms with Crippen LogP contribution < -0.4 is 5.32 Å². The Hall–Kier alpha value is -2.08. The van der Waals surface area contributed by atoms with E-state index in [9.17, 15) is 4.79 Å². The van der Waals surface area contributed by atoms with Crippen molar-refractivity contribution in [2.75, 3.05) is 18.4 Å². The zero-order valence-corrected chi connectivity index (χ0v) is 13.5. The van der Waals surface area contributed by atoms with Crippen molar-refractivity contribution in [3.8, 4) is 10.4 Å². The number of nitrogens with one attached hydrogen (secondary N) is 1. The highest BCUT2D eigenvalue weighted by molar-refractivity contribution is 7.18. The van der Waals surface area contributed by atoms with Crippen molar-refractivity contribution in [3.63, 3.8) is 0 Å². The minimum absolute atomic E-state index is 0.413. The third-order valence-corrected chi connectivity index (χ3v) is 5.89. The average molecular weight is 329 g/mol. The van der Waals surface area contributed by atoms with Gasteiger partial charge < -0.3 is 15.3 Å². The lowest BCUT2D eigenvalue weighted by molar-refractivity contribution is 0.152. The molecule has 1 aliphatic carbocycles. The minimum atomic E-state index is -0.781. The maximum atomic E-state index is 11.0. The number of likely N-dealkylation sites (tertiary alicyclic amines) is 1. The normalized spacial score (nSPS) is 26.3. The Balaban J connectivity index is 1.38. The van der Waals surface area contributed by atoms with Gasteiger partial charge in [-0.15, -0.1) is 0 Å². The molecule has 1 aromatic carbocycles. The number of benzene rings is 1. The molecule has 23 heavy (non-hydrogen) atoms. The molecule has 2 fully saturated rings. The molecule has 4 rings (SSSR count). The highest BCUT2D eigenvalue weighted by atomic mass is 32.1. The van der Waals surface area contributed by atoms with E-state index in [-0.39, 0.29) is 0 Å². The molecule has 1 amide bonds. The second kappa shape index (κ2) is 5.85. The van der Waals surface area contributed by atoms with Crippen LogP contribution in [0.3, 0.4) is 0 Å². The fourth-order valence-electron chi connectivity index (χ4n) is 3.83. The van der Waals surface area contributed by atoms with Crippen LogP contribution in [0.1, 0.15) is 12.8 Å². The number of amides is 1. The fraction of sp³-hybridized carbons (Fsp3) is 0.412. The molecular weight excluding hydrogens is 310 g/mol. The van der Waals surface area contributed by atoms with E-state index in [1.807, 2.05) is 24.4 Å². The summed E-state index contributed by atoms with van der Waals surface area (Å²) >= 11 is 1.68. The second-order valence-corrected chi connectivity index (χ2v) is 7.45. The molecule has 2 aliphatic rings. The van der Waals surface area contributed by atoms with Crippen LogP contribution in [-0.4, -0.2) is 40.2 Å². The van der Waals surface area contributed by atoms with Gasteiger partial charge in [0.25, 0.3) is 0 Å². The maximum Gasteiger partial charge on any atom is 0.407 e. The van der Waals surface area contributed by atoms with Crippen molar-refractivity contribution in [2.45, 2.75) is 18.9 Å². The Kier molecular flexibility index (Phi) is 3.69. The predicted molar refractivity (Wildman–Crippen MR) is 90.8 cm³/mol. The Bertz CT molecular complexity index is 689. The average Bonchev–Trinajstić information content (AvgIpc) is 3.23. The number of hydrogen-bond acceptors (Lipinski definition) is 4. The number of anilines is 1. The first-order valence-corrected chi connectivity index (χ1v) is 8.76. The van der Waals surface area contributed by atoms with E-state index in [0.29, 0.717) is 31.0 Å². The number of hydrogen-bond donors (Lipinski definition) is 2. The largest absolute Gasteiger partial charge is 0.465 e. The Morgan fingerprint density at radius 1 is 1.22 bits per heavy atom. The van der Waals surface area contributed by atoms with Crippen molar-refractivity contribution in [1.29, 1.82) is 0 Å². The molecule has 2 heterocycles. The number of nitrogens with zero attached hydrogens (tertiary/aromatic N) is 2. The van der Waals surface area contributed by atoms with Gasteiger partial charge in [-0.05, 0) is 30.2 Å². The van der Waals surface area contributed by atoms with Gasteiger partial charge in [-0.25, -0.2) is 9.78 Å². The molecule has 0 unspecified atom stereocenters. The molecule has 1 aromatic heterocycles. The molecular formula is C17H19N3O2S. The van der Waals surface area contributed by atoms with Gasteiger partial charge in [0.15, 0.2) is 5.13 Å². The van der Waals surface area contributed by atoms with Crippen LogP contribution in [0.4, 0.5) is 9.93 Å². The molecule has 3 atom stereocenters. The molecule has 0 spiro atoms. The Morgan fingerprint density at radius 2 is 1.91 bits per heavy atom. The summed E-state index contributed by atoms with van der Waals surface area (Å²) in [6, 6.07) is 10.7. The summed E-state index contributed by atoms with van der Waals surface area (Å²) in [5.41, 5.74) is 1.19. The molecule has 1 saturated heterocycles. The first kappa shape index (κ1) is 14.5. The highest BCUT2D eigenvalue weighted by Crippen LogP contribution is 2.40. The first-order valence-electron chi connectivity index (χ1n) is 7.94. The van der Waals surface area contributed by atoms with E-state index >= 15 is 0 Å². The molecule has 5 nitrogen and oxygen atoms in total. The molecule has 2 aromatic rings. The molecule has 0 radical (unpaired) electrons. The number of rotatable bonds is 3. The topological polar surface area (TPSA) is 65.5 Å². The fourth-order valence-corrected chi connectivity index (χ4v) is 4.72. The van der Waals surface area contributed by atoms with Gasteiger partial charge in [-0.3, -0.25) is 0 Å². The summed E-state index contributed by atoms with van der Waals surface area (Å²) in [6.07, 6.45) is 3.21. The zero-order valence-electron chi connectivity index (χ0n) is 12.7. The van der Waals surface area contributed by atoms with Crippen LogP contribution in [0.2, 0.25) is 0 Å². The number of carboxylic acid groups (broad SMARTS) is 1. The van der Waals surface area contributed by atoms with Gasteiger partial charge in [-0.2, -0.15) is 0 Å². The van der Waals surface area contributed by atoms with Crippen molar-refractivity contribution >= 4 is 22.6 Å². The summed E-state index contributed by atoms with van der Waals surface area (Å²) in [5, 5.41) is 13.6. The third-order valence-electron chi connectivity index (χ3n) is 4.91. The number of thiazole rings is 1. The van der Waals surface area contributed by atoms with E-state index in [4.69, 9.17) is 5.11 Å². The Labute approximate surface area is 139 Å². The lowest BCUT2D eigenvalue weighted by atomic mass is 10.0. The summed E-state index contributed by atoms with van der Waals surface area (Å²) in [7, 11) is 0. The van der Waals surface area contributed by atoms with E-state index in [0.717, 1.165) is 18.0 Å². The lowest BCUT2D eigenvalue weighted by Gasteiger charge is -2.16. The van der Waals surface area contributed by atoms with Gasteiger partial charge in [-0.1, -0.05) is 41.7 Å². The Morgan fingerprint density at radius 3 is 2.57 bits per heavy atom. The van der Waals surface area contributed by atoms with Crippen LogP contribution in [0, 0.1) is 11.8 Å². The molecule has 6 heteroatoms. The van der Waals surface area contributed by atoms with E-state index < -0.39 is 6.09 Å². The third kappa shape index (κ3) is 2.91. The van der Waals surface area contributed by atoms with Gasteiger partial charge in [0.2, 0.25) is 0 Å². The van der Waals surface area contributed by atoms with Crippen molar-refractivity contribution in [2.24, 2.45) is 11.8 Å². The first-order chi connectivity index (χ1) is 11.2. The summed E-state index contributed by atoms with van der Waals surface area (Å²) in [5.74, 6) is 0.995. The quantitative estimate of drug-likeness (QED) is 0.903. The van der Waals surface area contributed by atoms with Crippen LogP contribution >= 0.6 is 11.3 Å². The standard InChI is InChI=1S/C17H19N3O2S/c21-17(22)20-9-12-6-14(7-13(12)10-20)19-16-18-8-15(23-16)11-4-2-1-3-5-11/h1-5,8,12-14H,6-7,9-10H2,(H,18,19)(H,21,22)/t12-,13+,14-. The summed E-state index contributed by atoms with van der Waals surface area (Å²) < 4.78 is 0. The van der Waals surface area contributed by atoms with Gasteiger partial charge >= 0.3 is 6.09 Å². The number of fused-ring (bicyclic) bond motifs is 1. The number of carbonyl (C=O) groups is 1. The van der Waals surface area contributed by atoms with Gasteiger partial charge in [0, 0.05) is 25.3 Å². The SMILES string of the molecule is O=C(O)N1C[C@H]2C[C@@H](Nc3ncc(-c4ccccc4)s3)C[C@H]2C1. The van der Waals surface area contributed by atoms with E-state index in [1.54, 1.807) is 16.2 Å². The monoisotopic (exact) mass is 329 g/mol. The van der Waals surface area contributed by atoms with Crippen molar-refractivity contribution in [3.05, 3.63) is 36.5 Å². The van der Waals surface area contributed by atoms with Crippen molar-refractivity contribution < 1.29 is 9.90 Å². The summed E-state index contributed by atoms with van der Waals surface area (Å²) in [6.45, 7) is 1.37. The molecule has 120 valence electrons. The zero-order chi connectivity index (χ0) is 15.8. The van der Waals surface area contributed by atoms with Crippen molar-refractivity contribution in [1.82, 2.24) is 9.88 Å².